The van der Waals surface area contributed by atoms with Gasteiger partial charge in [-0.2, -0.15) is 13.2 Å². The van der Waals surface area contributed by atoms with E-state index in [1.54, 1.807) is 12.1 Å². The molecule has 10 heteroatoms. The summed E-state index contributed by atoms with van der Waals surface area (Å²) in [6.07, 6.45) is 0.249. The van der Waals surface area contributed by atoms with Crippen molar-refractivity contribution in [3.8, 4) is 0 Å². The standard InChI is InChI=1S/C28H34F3N3O4/c1-27(26(36)34-12-2-3-13-34)10-14-33(15-11-27)22-5-4-20(28(29,30)31)18-21(22)32-25(35)24-7-6-23(38-24)19-8-16-37-17-9-19/h4-7,18-19H,2-3,8-17H2,1H3,(H,32,35). The first-order valence-electron chi connectivity index (χ1n) is 13.4. The van der Waals surface area contributed by atoms with Crippen molar-refractivity contribution in [1.29, 1.82) is 0 Å². The van der Waals surface area contributed by atoms with Crippen molar-refractivity contribution < 1.29 is 31.9 Å². The van der Waals surface area contributed by atoms with E-state index >= 15 is 0 Å². The van der Waals surface area contributed by atoms with Crippen molar-refractivity contribution in [2.24, 2.45) is 5.41 Å². The Morgan fingerprint density at radius 2 is 1.68 bits per heavy atom. The molecule has 1 aromatic heterocycles. The number of carbonyl (C=O) groups excluding carboxylic acids is 2. The zero-order valence-corrected chi connectivity index (χ0v) is 21.6. The van der Waals surface area contributed by atoms with Gasteiger partial charge in [0, 0.05) is 50.7 Å². The molecule has 2 amide bonds. The van der Waals surface area contributed by atoms with Gasteiger partial charge in [0.05, 0.1) is 16.9 Å². The maximum absolute atomic E-state index is 13.6. The number of piperidine rings is 1. The van der Waals surface area contributed by atoms with Crippen molar-refractivity contribution in [2.75, 3.05) is 49.6 Å². The Kier molecular flexibility index (Phi) is 7.44. The fourth-order valence-electron chi connectivity index (χ4n) is 5.71. The maximum Gasteiger partial charge on any atom is 0.416 e. The number of rotatable bonds is 5. The fourth-order valence-corrected chi connectivity index (χ4v) is 5.71. The lowest BCUT2D eigenvalue weighted by atomic mass is 9.79. The highest BCUT2D eigenvalue weighted by atomic mass is 19.4. The zero-order valence-electron chi connectivity index (χ0n) is 21.6. The van der Waals surface area contributed by atoms with Crippen LogP contribution in [0.4, 0.5) is 24.5 Å². The minimum atomic E-state index is -4.55. The summed E-state index contributed by atoms with van der Waals surface area (Å²) in [6.45, 7) is 5.80. The Bertz CT molecular complexity index is 1160. The number of anilines is 2. The van der Waals surface area contributed by atoms with Crippen LogP contribution in [0.1, 0.15) is 73.2 Å². The van der Waals surface area contributed by atoms with E-state index in [9.17, 15) is 22.8 Å². The molecule has 0 bridgehead atoms. The van der Waals surface area contributed by atoms with Gasteiger partial charge in [-0.25, -0.2) is 0 Å². The van der Waals surface area contributed by atoms with Crippen LogP contribution in [0.3, 0.4) is 0 Å². The molecule has 0 atom stereocenters. The number of amides is 2. The van der Waals surface area contributed by atoms with Gasteiger partial charge in [-0.1, -0.05) is 6.92 Å². The fraction of sp³-hybridized carbons (Fsp3) is 0.571. The predicted molar refractivity (Wildman–Crippen MR) is 136 cm³/mol. The number of nitrogens with zero attached hydrogens (tertiary/aromatic N) is 2. The number of hydrogen-bond donors (Lipinski definition) is 1. The first-order valence-corrected chi connectivity index (χ1v) is 13.4. The molecular weight excluding hydrogens is 499 g/mol. The molecule has 2 aromatic rings. The van der Waals surface area contributed by atoms with Crippen molar-refractivity contribution in [2.45, 2.75) is 57.5 Å². The molecule has 0 spiro atoms. The number of nitrogens with one attached hydrogen (secondary N) is 1. The number of hydrogen-bond acceptors (Lipinski definition) is 5. The maximum atomic E-state index is 13.6. The number of halogens is 3. The lowest BCUT2D eigenvalue weighted by Gasteiger charge is -2.41. The molecule has 0 saturated carbocycles. The smallest absolute Gasteiger partial charge is 0.416 e. The van der Waals surface area contributed by atoms with E-state index in [4.69, 9.17) is 9.15 Å². The first-order chi connectivity index (χ1) is 18.1. The van der Waals surface area contributed by atoms with Gasteiger partial charge in [-0.05, 0) is 68.9 Å². The minimum Gasteiger partial charge on any atom is -0.456 e. The Morgan fingerprint density at radius 1 is 1.00 bits per heavy atom. The second-order valence-electron chi connectivity index (χ2n) is 10.8. The molecule has 3 aliphatic heterocycles. The Morgan fingerprint density at radius 3 is 2.34 bits per heavy atom. The predicted octanol–water partition coefficient (Wildman–Crippen LogP) is 5.67. The third-order valence-electron chi connectivity index (χ3n) is 8.16. The Labute approximate surface area is 220 Å². The normalized spacial score (nSPS) is 20.5. The highest BCUT2D eigenvalue weighted by Gasteiger charge is 2.41. The molecule has 3 saturated heterocycles. The van der Waals surface area contributed by atoms with Gasteiger partial charge >= 0.3 is 6.18 Å². The summed E-state index contributed by atoms with van der Waals surface area (Å²) in [7, 11) is 0. The summed E-state index contributed by atoms with van der Waals surface area (Å²) in [5.41, 5.74) is -0.767. The van der Waals surface area contributed by atoms with Gasteiger partial charge in [0.25, 0.3) is 5.91 Å². The number of carbonyl (C=O) groups is 2. The van der Waals surface area contributed by atoms with Gasteiger partial charge in [0.15, 0.2) is 5.76 Å². The van der Waals surface area contributed by atoms with Crippen LogP contribution < -0.4 is 10.2 Å². The number of benzene rings is 1. The first kappa shape index (κ1) is 26.6. The van der Waals surface area contributed by atoms with E-state index in [0.29, 0.717) is 50.6 Å². The van der Waals surface area contributed by atoms with Gasteiger partial charge in [0.1, 0.15) is 5.76 Å². The molecule has 38 heavy (non-hydrogen) atoms. The molecule has 0 unspecified atom stereocenters. The van der Waals surface area contributed by atoms with Gasteiger partial charge in [-0.15, -0.1) is 0 Å². The lowest BCUT2D eigenvalue weighted by molar-refractivity contribution is -0.141. The molecule has 3 fully saturated rings. The molecule has 5 rings (SSSR count). The average molecular weight is 534 g/mol. The van der Waals surface area contributed by atoms with Crippen LogP contribution in [0.15, 0.2) is 34.7 Å². The summed E-state index contributed by atoms with van der Waals surface area (Å²) in [6, 6.07) is 6.71. The van der Waals surface area contributed by atoms with Crippen LogP contribution in [-0.2, 0) is 15.7 Å². The van der Waals surface area contributed by atoms with Crippen molar-refractivity contribution >= 4 is 23.2 Å². The molecule has 206 valence electrons. The molecule has 1 aromatic carbocycles. The molecule has 1 N–H and O–H groups in total. The summed E-state index contributed by atoms with van der Waals surface area (Å²) in [5.74, 6) is 0.446. The van der Waals surface area contributed by atoms with Crippen LogP contribution >= 0.6 is 0 Å². The van der Waals surface area contributed by atoms with Crippen LogP contribution in [0, 0.1) is 5.41 Å². The molecule has 7 nitrogen and oxygen atoms in total. The number of alkyl halides is 3. The van der Waals surface area contributed by atoms with Crippen LogP contribution in [0.2, 0.25) is 0 Å². The van der Waals surface area contributed by atoms with Crippen molar-refractivity contribution in [3.63, 3.8) is 0 Å². The van der Waals surface area contributed by atoms with Crippen LogP contribution in [-0.4, -0.2) is 56.1 Å². The minimum absolute atomic E-state index is 0.0530. The molecule has 3 aliphatic rings. The van der Waals surface area contributed by atoms with Crippen LogP contribution in [0.25, 0.3) is 0 Å². The summed E-state index contributed by atoms with van der Waals surface area (Å²) in [5, 5.41) is 2.67. The number of furan rings is 1. The monoisotopic (exact) mass is 533 g/mol. The summed E-state index contributed by atoms with van der Waals surface area (Å²) >= 11 is 0. The number of ether oxygens (including phenoxy) is 1. The third-order valence-corrected chi connectivity index (χ3v) is 8.16. The Balaban J connectivity index is 1.33. The van der Waals surface area contributed by atoms with Gasteiger partial charge in [0.2, 0.25) is 5.91 Å². The summed E-state index contributed by atoms with van der Waals surface area (Å²) < 4.78 is 51.8. The van der Waals surface area contributed by atoms with E-state index in [1.807, 2.05) is 16.7 Å². The van der Waals surface area contributed by atoms with Crippen LogP contribution in [0.5, 0.6) is 0 Å². The number of likely N-dealkylation sites (tertiary alicyclic amines) is 1. The van der Waals surface area contributed by atoms with Gasteiger partial charge in [-0.3, -0.25) is 9.59 Å². The lowest BCUT2D eigenvalue weighted by Crippen LogP contribution is -2.48. The average Bonchev–Trinajstić information content (AvgIpc) is 3.62. The molecular formula is C28H34F3N3O4. The van der Waals surface area contributed by atoms with Crippen molar-refractivity contribution in [1.82, 2.24) is 4.90 Å². The summed E-state index contributed by atoms with van der Waals surface area (Å²) in [4.78, 5) is 30.1. The highest BCUT2D eigenvalue weighted by Crippen LogP contribution is 2.40. The molecule has 4 heterocycles. The highest BCUT2D eigenvalue weighted by molar-refractivity contribution is 6.04. The van der Waals surface area contributed by atoms with Gasteiger partial charge < -0.3 is 24.3 Å². The molecule has 0 radical (unpaired) electrons. The van der Waals surface area contributed by atoms with E-state index < -0.39 is 23.1 Å². The zero-order chi connectivity index (χ0) is 26.9. The topological polar surface area (TPSA) is 75.0 Å². The quantitative estimate of drug-likeness (QED) is 0.536. The molecule has 0 aliphatic carbocycles. The van der Waals surface area contributed by atoms with E-state index in [-0.39, 0.29) is 23.3 Å². The Hall–Kier alpha value is -3.01. The van der Waals surface area contributed by atoms with E-state index in [0.717, 1.165) is 50.9 Å². The SMILES string of the molecule is CC1(C(=O)N2CCCC2)CCN(c2ccc(C(F)(F)F)cc2NC(=O)c2ccc(C3CCOCC3)o2)CC1. The third kappa shape index (κ3) is 5.55. The largest absolute Gasteiger partial charge is 0.456 e. The van der Waals surface area contributed by atoms with E-state index in [2.05, 4.69) is 5.32 Å². The van der Waals surface area contributed by atoms with E-state index in [1.165, 1.54) is 6.07 Å². The second-order valence-corrected chi connectivity index (χ2v) is 10.8. The second kappa shape index (κ2) is 10.6. The van der Waals surface area contributed by atoms with Crippen molar-refractivity contribution in [3.05, 3.63) is 47.4 Å².